The van der Waals surface area contributed by atoms with E-state index in [1.165, 1.54) is 16.3 Å². The van der Waals surface area contributed by atoms with Gasteiger partial charge >= 0.3 is 6.09 Å². The highest BCUT2D eigenvalue weighted by molar-refractivity contribution is 5.97. The van der Waals surface area contributed by atoms with Crippen LogP contribution in [0.3, 0.4) is 0 Å². The number of ether oxygens (including phenoxy) is 1. The van der Waals surface area contributed by atoms with Crippen molar-refractivity contribution in [2.24, 2.45) is 5.92 Å². The zero-order valence-corrected chi connectivity index (χ0v) is 21.7. The topological polar surface area (TPSA) is 67.4 Å². The molecule has 0 spiro atoms. The van der Waals surface area contributed by atoms with Crippen molar-refractivity contribution in [3.8, 4) is 0 Å². The molecule has 5 rings (SSSR count). The Labute approximate surface area is 213 Å². The monoisotopic (exact) mass is 484 g/mol. The van der Waals surface area contributed by atoms with E-state index in [9.17, 15) is 9.59 Å². The van der Waals surface area contributed by atoms with E-state index in [1.54, 1.807) is 0 Å². The Balaban J connectivity index is 1.28. The van der Waals surface area contributed by atoms with Crippen LogP contribution in [0.5, 0.6) is 0 Å². The molecule has 2 saturated carbocycles. The normalized spacial score (nSPS) is 20.3. The average molecular weight is 485 g/mol. The van der Waals surface area contributed by atoms with Crippen molar-refractivity contribution in [1.29, 1.82) is 0 Å². The zero-order chi connectivity index (χ0) is 25.5. The van der Waals surface area contributed by atoms with Gasteiger partial charge in [0.2, 0.25) is 0 Å². The van der Waals surface area contributed by atoms with Crippen molar-refractivity contribution in [1.82, 2.24) is 10.6 Å². The summed E-state index contributed by atoms with van der Waals surface area (Å²) in [7, 11) is 0. The van der Waals surface area contributed by atoms with Crippen LogP contribution in [-0.4, -0.2) is 23.6 Å². The summed E-state index contributed by atoms with van der Waals surface area (Å²) in [5.74, 6) is 0.332. The van der Waals surface area contributed by atoms with Crippen LogP contribution in [0.4, 0.5) is 4.79 Å². The van der Waals surface area contributed by atoms with Gasteiger partial charge in [0.05, 0.1) is 5.54 Å². The Bertz CT molecular complexity index is 1300. The molecule has 0 aliphatic heterocycles. The fraction of sp³-hybridized carbons (Fsp3) is 0.419. The minimum absolute atomic E-state index is 0.0168. The smallest absolute Gasteiger partial charge is 0.407 e. The van der Waals surface area contributed by atoms with Crippen LogP contribution in [0.15, 0.2) is 60.7 Å². The van der Waals surface area contributed by atoms with Gasteiger partial charge in [0.15, 0.2) is 0 Å². The van der Waals surface area contributed by atoms with Crippen molar-refractivity contribution in [2.75, 3.05) is 0 Å². The first-order chi connectivity index (χ1) is 17.1. The third kappa shape index (κ3) is 5.11. The number of aryl methyl sites for hydroxylation is 1. The van der Waals surface area contributed by atoms with Gasteiger partial charge in [0, 0.05) is 11.6 Å². The third-order valence-corrected chi connectivity index (χ3v) is 7.57. The lowest BCUT2D eigenvalue weighted by Gasteiger charge is -2.37. The number of hydrogen-bond acceptors (Lipinski definition) is 3. The molecular weight excluding hydrogens is 448 g/mol. The molecule has 2 aliphatic carbocycles. The second-order valence-electron chi connectivity index (χ2n) is 11.5. The highest BCUT2D eigenvalue weighted by atomic mass is 16.6. The molecule has 0 aromatic heterocycles. The summed E-state index contributed by atoms with van der Waals surface area (Å²) >= 11 is 0. The summed E-state index contributed by atoms with van der Waals surface area (Å²) in [6, 6.07) is 21.0. The molecule has 5 nitrogen and oxygen atoms in total. The van der Waals surface area contributed by atoms with E-state index in [1.807, 2.05) is 39.8 Å². The van der Waals surface area contributed by atoms with Gasteiger partial charge in [-0.15, -0.1) is 0 Å². The van der Waals surface area contributed by atoms with Gasteiger partial charge in [0.25, 0.3) is 5.91 Å². The van der Waals surface area contributed by atoms with Crippen molar-refractivity contribution >= 4 is 22.8 Å². The predicted octanol–water partition coefficient (Wildman–Crippen LogP) is 6.41. The summed E-state index contributed by atoms with van der Waals surface area (Å²) in [4.78, 5) is 25.7. The first kappa shape index (κ1) is 24.4. The van der Waals surface area contributed by atoms with Crippen LogP contribution >= 0.6 is 0 Å². The summed E-state index contributed by atoms with van der Waals surface area (Å²) in [6.07, 6.45) is 4.38. The van der Waals surface area contributed by atoms with E-state index in [4.69, 9.17) is 4.74 Å². The number of nitrogens with one attached hydrogen (secondary N) is 2. The lowest BCUT2D eigenvalue weighted by molar-refractivity contribution is 0.0436. The lowest BCUT2D eigenvalue weighted by atomic mass is 9.75. The van der Waals surface area contributed by atoms with Crippen LogP contribution in [0.25, 0.3) is 10.8 Å². The number of hydrogen-bond donors (Lipinski definition) is 2. The molecule has 3 aromatic carbocycles. The molecule has 2 amide bonds. The first-order valence-corrected chi connectivity index (χ1v) is 13.0. The Morgan fingerprint density at radius 2 is 1.75 bits per heavy atom. The molecule has 2 aliphatic rings. The number of carbonyl (C=O) groups excluding carboxylic acids is 2. The summed E-state index contributed by atoms with van der Waals surface area (Å²) < 4.78 is 5.42. The Kier molecular flexibility index (Phi) is 6.27. The van der Waals surface area contributed by atoms with Crippen molar-refractivity contribution in [3.05, 3.63) is 82.9 Å². The van der Waals surface area contributed by atoms with E-state index < -0.39 is 5.60 Å². The van der Waals surface area contributed by atoms with E-state index in [-0.39, 0.29) is 23.6 Å². The van der Waals surface area contributed by atoms with Gasteiger partial charge in [-0.1, -0.05) is 54.6 Å². The number of fused-ring (bicyclic) bond motifs is 1. The minimum atomic E-state index is -0.506. The van der Waals surface area contributed by atoms with Crippen LogP contribution in [0, 0.1) is 12.8 Å². The quantitative estimate of drug-likeness (QED) is 0.425. The fourth-order valence-electron chi connectivity index (χ4n) is 5.32. The number of rotatable bonds is 6. The maximum Gasteiger partial charge on any atom is 0.407 e. The molecule has 2 N–H and O–H groups in total. The van der Waals surface area contributed by atoms with Gasteiger partial charge in [-0.2, -0.15) is 0 Å². The third-order valence-electron chi connectivity index (χ3n) is 7.57. The maximum absolute atomic E-state index is 13.5. The summed E-state index contributed by atoms with van der Waals surface area (Å²) in [5, 5.41) is 8.81. The lowest BCUT2D eigenvalue weighted by Crippen LogP contribution is -2.49. The van der Waals surface area contributed by atoms with E-state index in [0.29, 0.717) is 5.92 Å². The molecule has 0 bridgehead atoms. The van der Waals surface area contributed by atoms with Crippen molar-refractivity contribution < 1.29 is 14.3 Å². The molecule has 2 fully saturated rings. The molecule has 2 atom stereocenters. The second-order valence-corrected chi connectivity index (χ2v) is 11.5. The number of alkyl carbamates (subject to hydrolysis) is 1. The largest absolute Gasteiger partial charge is 0.444 e. The molecule has 5 heteroatoms. The number of amides is 2. The Hall–Kier alpha value is -3.34. The van der Waals surface area contributed by atoms with Crippen LogP contribution in [-0.2, 0) is 16.7 Å². The molecule has 1 unspecified atom stereocenters. The SMILES string of the molecule is Cc1ccc(CC2CC[C@H]2NC(=O)OC(C)(C)C)cc1C(=O)NC1(c2cccc3ccccc23)CC1. The molecule has 0 radical (unpaired) electrons. The van der Waals surface area contributed by atoms with Gasteiger partial charge in [-0.3, -0.25) is 4.79 Å². The van der Waals surface area contributed by atoms with Gasteiger partial charge in [-0.05, 0) is 99.2 Å². The van der Waals surface area contributed by atoms with E-state index in [0.717, 1.165) is 48.8 Å². The van der Waals surface area contributed by atoms with Gasteiger partial charge < -0.3 is 15.4 Å². The number of benzene rings is 3. The van der Waals surface area contributed by atoms with Crippen molar-refractivity contribution in [3.63, 3.8) is 0 Å². The minimum Gasteiger partial charge on any atom is -0.444 e. The van der Waals surface area contributed by atoms with Crippen LogP contribution in [0.2, 0.25) is 0 Å². The predicted molar refractivity (Wildman–Crippen MR) is 143 cm³/mol. The van der Waals surface area contributed by atoms with Crippen LogP contribution < -0.4 is 10.6 Å². The van der Waals surface area contributed by atoms with Gasteiger partial charge in [0.1, 0.15) is 5.60 Å². The fourth-order valence-corrected chi connectivity index (χ4v) is 5.32. The van der Waals surface area contributed by atoms with Gasteiger partial charge in [-0.25, -0.2) is 4.79 Å². The average Bonchev–Trinajstić information content (AvgIpc) is 3.60. The Morgan fingerprint density at radius 3 is 2.44 bits per heavy atom. The molecule has 36 heavy (non-hydrogen) atoms. The number of carbonyl (C=O) groups is 2. The Morgan fingerprint density at radius 1 is 1.00 bits per heavy atom. The highest BCUT2D eigenvalue weighted by Crippen LogP contribution is 2.48. The maximum atomic E-state index is 13.5. The molecule has 0 heterocycles. The van der Waals surface area contributed by atoms with Crippen molar-refractivity contribution in [2.45, 2.75) is 77.0 Å². The highest BCUT2D eigenvalue weighted by Gasteiger charge is 2.46. The van der Waals surface area contributed by atoms with E-state index >= 15 is 0 Å². The summed E-state index contributed by atoms with van der Waals surface area (Å²) in [5.41, 5.74) is 3.23. The zero-order valence-electron chi connectivity index (χ0n) is 21.7. The van der Waals surface area contributed by atoms with Crippen LogP contribution in [0.1, 0.15) is 73.5 Å². The molecule has 3 aromatic rings. The van der Waals surface area contributed by atoms with E-state index in [2.05, 4.69) is 59.2 Å². The standard InChI is InChI=1S/C31H36N2O3/c1-20-12-13-21(18-23-14-15-27(23)32-29(35)36-30(2,3)4)19-25(20)28(34)33-31(16-17-31)26-11-7-9-22-8-5-6-10-24(22)26/h5-13,19,23,27H,14-18H2,1-4H3,(H,32,35)(H,33,34)/t23?,27-/m1/s1. The molecule has 188 valence electrons. The molecular formula is C31H36N2O3. The second kappa shape index (κ2) is 9.27. The molecule has 0 saturated heterocycles. The first-order valence-electron chi connectivity index (χ1n) is 13.0. The summed E-state index contributed by atoms with van der Waals surface area (Å²) in [6.45, 7) is 7.60.